The van der Waals surface area contributed by atoms with E-state index in [1.165, 1.54) is 11.1 Å². The van der Waals surface area contributed by atoms with Gasteiger partial charge in [0.2, 0.25) is 0 Å². The number of nitrogens with one attached hydrogen (secondary N) is 1. The van der Waals surface area contributed by atoms with Gasteiger partial charge in [0.05, 0.1) is 6.67 Å². The molecule has 0 unspecified atom stereocenters. The number of alkyl halides is 1. The maximum atomic E-state index is 12.7. The van der Waals surface area contributed by atoms with Gasteiger partial charge in [-0.25, -0.2) is 0 Å². The van der Waals surface area contributed by atoms with Crippen LogP contribution in [0.1, 0.15) is 23.6 Å². The summed E-state index contributed by atoms with van der Waals surface area (Å²) >= 11 is 0. The van der Waals surface area contributed by atoms with Gasteiger partial charge in [-0.3, -0.25) is 9.29 Å². The Kier molecular flexibility index (Phi) is 4.51. The summed E-state index contributed by atoms with van der Waals surface area (Å²) in [7, 11) is 0. The third kappa shape index (κ3) is 3.27. The molecule has 0 amide bonds. The molecule has 17 heavy (non-hydrogen) atoms. The molecule has 1 aromatic rings. The molecule has 3 heteroatoms. The maximum Gasteiger partial charge on any atom is 0.0912 e. The molecule has 1 N–H and O–H groups in total. The molecule has 1 heterocycles. The Bertz CT molecular complexity index is 331. The minimum atomic E-state index is -0.248. The van der Waals surface area contributed by atoms with Gasteiger partial charge in [0.25, 0.3) is 0 Å². The fourth-order valence-electron chi connectivity index (χ4n) is 2.45. The highest BCUT2D eigenvalue weighted by Gasteiger charge is 2.21. The molecule has 0 aliphatic carbocycles. The Balaban J connectivity index is 2.12. The molecule has 2 rings (SSSR count). The molecule has 1 aliphatic heterocycles. The van der Waals surface area contributed by atoms with Gasteiger partial charge in [-0.2, -0.15) is 0 Å². The largest absolute Gasteiger partial charge is 0.314 e. The molecule has 1 aromatic carbocycles. The van der Waals surface area contributed by atoms with Crippen molar-refractivity contribution in [3.05, 3.63) is 35.4 Å². The first kappa shape index (κ1) is 12.5. The third-order valence-corrected chi connectivity index (χ3v) is 3.44. The van der Waals surface area contributed by atoms with E-state index in [1.54, 1.807) is 0 Å². The Hall–Kier alpha value is -0.930. The molecule has 0 bridgehead atoms. The number of benzene rings is 1. The molecule has 0 radical (unpaired) electrons. The standard InChI is InChI=1S/C14H21FN2/c1-12-2-4-13(5-3-12)14(6-7-15)17-10-8-16-9-11-17/h2-5,14,16H,6-11H2,1H3/t14-/m0/s1. The van der Waals surface area contributed by atoms with Gasteiger partial charge in [0, 0.05) is 32.2 Å². The van der Waals surface area contributed by atoms with E-state index in [9.17, 15) is 4.39 Å². The Morgan fingerprint density at radius 1 is 1.24 bits per heavy atom. The van der Waals surface area contributed by atoms with Gasteiger partial charge >= 0.3 is 0 Å². The van der Waals surface area contributed by atoms with Crippen molar-refractivity contribution >= 4 is 0 Å². The average Bonchev–Trinajstić information content (AvgIpc) is 2.38. The van der Waals surface area contributed by atoms with E-state index in [4.69, 9.17) is 0 Å². The Labute approximate surface area is 103 Å². The molecule has 2 nitrogen and oxygen atoms in total. The number of hydrogen-bond acceptors (Lipinski definition) is 2. The summed E-state index contributed by atoms with van der Waals surface area (Å²) in [5, 5.41) is 3.34. The normalized spacial score (nSPS) is 19.2. The van der Waals surface area contributed by atoms with Crippen molar-refractivity contribution in [2.24, 2.45) is 0 Å². The summed E-state index contributed by atoms with van der Waals surface area (Å²) < 4.78 is 12.7. The second-order valence-electron chi connectivity index (χ2n) is 4.69. The van der Waals surface area contributed by atoms with Gasteiger partial charge in [-0.15, -0.1) is 0 Å². The molecular weight excluding hydrogens is 215 g/mol. The van der Waals surface area contributed by atoms with Gasteiger partial charge in [0.1, 0.15) is 0 Å². The number of rotatable bonds is 4. The van der Waals surface area contributed by atoms with Crippen LogP contribution >= 0.6 is 0 Å². The molecular formula is C14H21FN2. The Morgan fingerprint density at radius 2 is 1.88 bits per heavy atom. The summed E-state index contributed by atoms with van der Waals surface area (Å²) in [5.41, 5.74) is 2.50. The van der Waals surface area contributed by atoms with Crippen LogP contribution in [0.15, 0.2) is 24.3 Å². The van der Waals surface area contributed by atoms with E-state index in [0.717, 1.165) is 26.2 Å². The van der Waals surface area contributed by atoms with E-state index in [-0.39, 0.29) is 12.7 Å². The highest BCUT2D eigenvalue weighted by atomic mass is 19.1. The monoisotopic (exact) mass is 236 g/mol. The van der Waals surface area contributed by atoms with Crippen molar-refractivity contribution in [3.8, 4) is 0 Å². The van der Waals surface area contributed by atoms with Crippen LogP contribution in [0.3, 0.4) is 0 Å². The van der Waals surface area contributed by atoms with E-state index >= 15 is 0 Å². The first-order chi connectivity index (χ1) is 8.31. The number of hydrogen-bond donors (Lipinski definition) is 1. The fourth-order valence-corrected chi connectivity index (χ4v) is 2.45. The van der Waals surface area contributed by atoms with Gasteiger partial charge in [0.15, 0.2) is 0 Å². The second-order valence-corrected chi connectivity index (χ2v) is 4.69. The summed E-state index contributed by atoms with van der Waals surface area (Å²) in [6, 6.07) is 8.74. The lowest BCUT2D eigenvalue weighted by Crippen LogP contribution is -2.45. The number of nitrogens with zero attached hydrogens (tertiary/aromatic N) is 1. The second kappa shape index (κ2) is 6.12. The number of piperazine rings is 1. The molecule has 0 spiro atoms. The molecule has 0 aromatic heterocycles. The lowest BCUT2D eigenvalue weighted by molar-refractivity contribution is 0.157. The zero-order chi connectivity index (χ0) is 12.1. The van der Waals surface area contributed by atoms with Crippen LogP contribution in [0, 0.1) is 6.92 Å². The maximum absolute atomic E-state index is 12.7. The van der Waals surface area contributed by atoms with Crippen LogP contribution in [0.5, 0.6) is 0 Å². The van der Waals surface area contributed by atoms with E-state index < -0.39 is 0 Å². The average molecular weight is 236 g/mol. The van der Waals surface area contributed by atoms with Crippen LogP contribution in [0.25, 0.3) is 0 Å². The predicted octanol–water partition coefficient (Wildman–Crippen LogP) is 2.30. The van der Waals surface area contributed by atoms with Gasteiger partial charge in [-0.05, 0) is 18.9 Å². The molecule has 1 saturated heterocycles. The van der Waals surface area contributed by atoms with E-state index in [1.807, 2.05) is 0 Å². The van der Waals surface area contributed by atoms with Crippen molar-refractivity contribution < 1.29 is 4.39 Å². The Morgan fingerprint density at radius 3 is 2.47 bits per heavy atom. The van der Waals surface area contributed by atoms with Crippen LogP contribution in [-0.2, 0) is 0 Å². The van der Waals surface area contributed by atoms with Crippen molar-refractivity contribution in [1.29, 1.82) is 0 Å². The lowest BCUT2D eigenvalue weighted by atomic mass is 10.0. The molecule has 94 valence electrons. The SMILES string of the molecule is Cc1ccc([C@H](CCF)N2CCNCC2)cc1. The van der Waals surface area contributed by atoms with Crippen molar-refractivity contribution in [1.82, 2.24) is 10.2 Å². The van der Waals surface area contributed by atoms with Crippen molar-refractivity contribution in [2.75, 3.05) is 32.9 Å². The molecule has 0 saturated carbocycles. The highest BCUT2D eigenvalue weighted by molar-refractivity contribution is 5.24. The van der Waals surface area contributed by atoms with Crippen LogP contribution in [-0.4, -0.2) is 37.8 Å². The zero-order valence-electron chi connectivity index (χ0n) is 10.5. The topological polar surface area (TPSA) is 15.3 Å². The number of aryl methyl sites for hydroxylation is 1. The van der Waals surface area contributed by atoms with Gasteiger partial charge in [-0.1, -0.05) is 29.8 Å². The van der Waals surface area contributed by atoms with Crippen molar-refractivity contribution in [3.63, 3.8) is 0 Å². The number of halogens is 1. The summed E-state index contributed by atoms with van der Waals surface area (Å²) in [4.78, 5) is 2.39. The minimum absolute atomic E-state index is 0.239. The van der Waals surface area contributed by atoms with Crippen LogP contribution in [0.2, 0.25) is 0 Å². The fraction of sp³-hybridized carbons (Fsp3) is 0.571. The summed E-state index contributed by atoms with van der Waals surface area (Å²) in [5.74, 6) is 0. The highest BCUT2D eigenvalue weighted by Crippen LogP contribution is 2.25. The first-order valence-electron chi connectivity index (χ1n) is 6.38. The summed E-state index contributed by atoms with van der Waals surface area (Å²) in [6.45, 7) is 5.88. The third-order valence-electron chi connectivity index (χ3n) is 3.44. The smallest absolute Gasteiger partial charge is 0.0912 e. The van der Waals surface area contributed by atoms with E-state index in [2.05, 4.69) is 41.4 Å². The quantitative estimate of drug-likeness (QED) is 0.863. The van der Waals surface area contributed by atoms with Crippen LogP contribution < -0.4 is 5.32 Å². The van der Waals surface area contributed by atoms with Crippen LogP contribution in [0.4, 0.5) is 4.39 Å². The van der Waals surface area contributed by atoms with Gasteiger partial charge < -0.3 is 5.32 Å². The van der Waals surface area contributed by atoms with Crippen molar-refractivity contribution in [2.45, 2.75) is 19.4 Å². The molecule has 1 aliphatic rings. The molecule has 1 fully saturated rings. The zero-order valence-corrected chi connectivity index (χ0v) is 10.5. The predicted molar refractivity (Wildman–Crippen MR) is 69.0 cm³/mol. The first-order valence-corrected chi connectivity index (χ1v) is 6.38. The van der Waals surface area contributed by atoms with E-state index in [0.29, 0.717) is 6.42 Å². The minimum Gasteiger partial charge on any atom is -0.314 e. The molecule has 1 atom stereocenters. The lowest BCUT2D eigenvalue weighted by Gasteiger charge is -2.35. The summed E-state index contributed by atoms with van der Waals surface area (Å²) in [6.07, 6.45) is 0.600.